The first-order valence-electron chi connectivity index (χ1n) is 5.12. The minimum atomic E-state index is -2.90. The van der Waals surface area contributed by atoms with Gasteiger partial charge in [0, 0.05) is 6.54 Å². The summed E-state index contributed by atoms with van der Waals surface area (Å²) in [5, 5.41) is 2.97. The number of piperidine rings is 1. The van der Waals surface area contributed by atoms with Gasteiger partial charge in [0.15, 0.2) is 9.84 Å². The van der Waals surface area contributed by atoms with Gasteiger partial charge in [0.2, 0.25) is 0 Å². The van der Waals surface area contributed by atoms with Gasteiger partial charge in [0.1, 0.15) is 0 Å². The Morgan fingerprint density at radius 3 is 2.71 bits per heavy atom. The molecule has 0 radical (unpaired) electrons. The zero-order valence-corrected chi connectivity index (χ0v) is 9.73. The van der Waals surface area contributed by atoms with Crippen molar-refractivity contribution in [3.05, 3.63) is 11.6 Å². The largest absolute Gasteiger partial charge is 0.313 e. The van der Waals surface area contributed by atoms with E-state index < -0.39 is 9.84 Å². The molecule has 4 heteroatoms. The second-order valence-electron chi connectivity index (χ2n) is 4.02. The van der Waals surface area contributed by atoms with Crippen molar-refractivity contribution >= 4 is 9.84 Å². The van der Waals surface area contributed by atoms with Crippen LogP contribution >= 0.6 is 0 Å². The van der Waals surface area contributed by atoms with Gasteiger partial charge in [-0.2, -0.15) is 0 Å². The fraction of sp³-hybridized carbons (Fsp3) is 0.800. The quantitative estimate of drug-likeness (QED) is 0.721. The smallest absolute Gasteiger partial charge is 0.156 e. The molecule has 0 unspecified atom stereocenters. The molecule has 0 spiro atoms. The van der Waals surface area contributed by atoms with Crippen LogP contribution in [0.2, 0.25) is 0 Å². The highest BCUT2D eigenvalue weighted by Gasteiger charge is 2.14. The SMILES string of the molecule is CC(C)S(=O)(=O)C/C=C1/CCCNC1. The van der Waals surface area contributed by atoms with Crippen molar-refractivity contribution in [2.75, 3.05) is 18.8 Å². The summed E-state index contributed by atoms with van der Waals surface area (Å²) in [5.41, 5.74) is 1.24. The second kappa shape index (κ2) is 4.94. The van der Waals surface area contributed by atoms with Gasteiger partial charge < -0.3 is 5.32 Å². The van der Waals surface area contributed by atoms with E-state index in [0.717, 1.165) is 25.9 Å². The lowest BCUT2D eigenvalue weighted by atomic mass is 10.1. The zero-order chi connectivity index (χ0) is 10.6. The molecule has 0 aromatic heterocycles. The summed E-state index contributed by atoms with van der Waals surface area (Å²) >= 11 is 0. The molecule has 82 valence electrons. The molecule has 0 aromatic rings. The van der Waals surface area contributed by atoms with Crippen molar-refractivity contribution in [1.82, 2.24) is 5.32 Å². The Bertz CT molecular complexity index is 296. The Balaban J connectivity index is 2.53. The van der Waals surface area contributed by atoms with Crippen molar-refractivity contribution in [2.24, 2.45) is 0 Å². The van der Waals surface area contributed by atoms with Crippen molar-refractivity contribution in [3.63, 3.8) is 0 Å². The van der Waals surface area contributed by atoms with Crippen LogP contribution in [0.15, 0.2) is 11.6 Å². The lowest BCUT2D eigenvalue weighted by Gasteiger charge is -2.15. The minimum Gasteiger partial charge on any atom is -0.313 e. The standard InChI is InChI=1S/C10H19NO2S/c1-9(2)14(12,13)7-5-10-4-3-6-11-8-10/h5,9,11H,3-4,6-8H2,1-2H3/b10-5-. The third-order valence-electron chi connectivity index (χ3n) is 2.53. The van der Waals surface area contributed by atoms with Gasteiger partial charge in [-0.3, -0.25) is 0 Å². The molecule has 0 bridgehead atoms. The molecule has 3 nitrogen and oxygen atoms in total. The molecule has 1 aliphatic rings. The Labute approximate surface area is 86.5 Å². The topological polar surface area (TPSA) is 46.2 Å². The lowest BCUT2D eigenvalue weighted by molar-refractivity contribution is 0.588. The number of hydrogen-bond acceptors (Lipinski definition) is 3. The highest BCUT2D eigenvalue weighted by atomic mass is 32.2. The van der Waals surface area contributed by atoms with Crippen LogP contribution in [0, 0.1) is 0 Å². The Morgan fingerprint density at radius 1 is 1.50 bits per heavy atom. The molecule has 1 saturated heterocycles. The van der Waals surface area contributed by atoms with Crippen LogP contribution in [-0.2, 0) is 9.84 Å². The average Bonchev–Trinajstić information content (AvgIpc) is 2.16. The number of nitrogens with one attached hydrogen (secondary N) is 1. The normalized spacial score (nSPS) is 21.8. The first kappa shape index (κ1) is 11.7. The van der Waals surface area contributed by atoms with Crippen molar-refractivity contribution in [1.29, 1.82) is 0 Å². The van der Waals surface area contributed by atoms with Crippen LogP contribution in [0.3, 0.4) is 0 Å². The fourth-order valence-electron chi connectivity index (χ4n) is 1.38. The maximum absolute atomic E-state index is 11.5. The van der Waals surface area contributed by atoms with E-state index >= 15 is 0 Å². The van der Waals surface area contributed by atoms with Crippen LogP contribution < -0.4 is 5.32 Å². The number of sulfone groups is 1. The summed E-state index contributed by atoms with van der Waals surface area (Å²) in [7, 11) is -2.90. The number of rotatable bonds is 3. The monoisotopic (exact) mass is 217 g/mol. The number of hydrogen-bond donors (Lipinski definition) is 1. The minimum absolute atomic E-state index is 0.196. The molecule has 14 heavy (non-hydrogen) atoms. The summed E-state index contributed by atoms with van der Waals surface area (Å²) < 4.78 is 23.0. The van der Waals surface area contributed by atoms with E-state index in [1.54, 1.807) is 13.8 Å². The van der Waals surface area contributed by atoms with E-state index in [4.69, 9.17) is 0 Å². The molecular weight excluding hydrogens is 198 g/mol. The summed E-state index contributed by atoms with van der Waals surface area (Å²) in [6.45, 7) is 5.36. The Morgan fingerprint density at radius 2 is 2.21 bits per heavy atom. The molecule has 1 fully saturated rings. The van der Waals surface area contributed by atoms with Gasteiger partial charge in [-0.25, -0.2) is 8.42 Å². The third kappa shape index (κ3) is 3.42. The third-order valence-corrected chi connectivity index (χ3v) is 4.59. The van der Waals surface area contributed by atoms with Gasteiger partial charge in [0.05, 0.1) is 11.0 Å². The predicted octanol–water partition coefficient (Wildman–Crippen LogP) is 1.12. The van der Waals surface area contributed by atoms with Crippen LogP contribution in [0.4, 0.5) is 0 Å². The first-order chi connectivity index (χ1) is 6.52. The van der Waals surface area contributed by atoms with Crippen LogP contribution in [-0.4, -0.2) is 32.5 Å². The Kier molecular flexibility index (Phi) is 4.13. The average molecular weight is 217 g/mol. The molecular formula is C10H19NO2S. The van der Waals surface area contributed by atoms with Gasteiger partial charge in [-0.1, -0.05) is 11.6 Å². The molecule has 0 atom stereocenters. The second-order valence-corrected chi connectivity index (χ2v) is 6.62. The summed E-state index contributed by atoms with van der Waals surface area (Å²) in [4.78, 5) is 0. The summed E-state index contributed by atoms with van der Waals surface area (Å²) in [6, 6.07) is 0. The van der Waals surface area contributed by atoms with Crippen molar-refractivity contribution in [2.45, 2.75) is 31.9 Å². The summed E-state index contributed by atoms with van der Waals surface area (Å²) in [6.07, 6.45) is 4.04. The van der Waals surface area contributed by atoms with E-state index in [-0.39, 0.29) is 11.0 Å². The van der Waals surface area contributed by atoms with Crippen molar-refractivity contribution in [3.8, 4) is 0 Å². The molecule has 1 aliphatic heterocycles. The zero-order valence-electron chi connectivity index (χ0n) is 8.91. The van der Waals surface area contributed by atoms with E-state index in [1.807, 2.05) is 6.08 Å². The maximum Gasteiger partial charge on any atom is 0.156 e. The molecule has 0 saturated carbocycles. The van der Waals surface area contributed by atoms with Gasteiger partial charge in [-0.05, 0) is 33.2 Å². The van der Waals surface area contributed by atoms with E-state index in [1.165, 1.54) is 5.57 Å². The van der Waals surface area contributed by atoms with Gasteiger partial charge >= 0.3 is 0 Å². The fourth-order valence-corrected chi connectivity index (χ4v) is 2.23. The van der Waals surface area contributed by atoms with Crippen molar-refractivity contribution < 1.29 is 8.42 Å². The highest BCUT2D eigenvalue weighted by molar-refractivity contribution is 7.92. The maximum atomic E-state index is 11.5. The molecule has 1 N–H and O–H groups in total. The summed E-state index contributed by atoms with van der Waals surface area (Å²) in [5.74, 6) is 0.196. The van der Waals surface area contributed by atoms with Gasteiger partial charge in [-0.15, -0.1) is 0 Å². The Hall–Kier alpha value is -0.350. The van der Waals surface area contributed by atoms with Gasteiger partial charge in [0.25, 0.3) is 0 Å². The van der Waals surface area contributed by atoms with E-state index in [0.29, 0.717) is 0 Å². The predicted molar refractivity (Wildman–Crippen MR) is 59.1 cm³/mol. The lowest BCUT2D eigenvalue weighted by Crippen LogP contribution is -2.25. The first-order valence-corrected chi connectivity index (χ1v) is 6.84. The molecule has 1 heterocycles. The van der Waals surface area contributed by atoms with E-state index in [2.05, 4.69) is 5.32 Å². The van der Waals surface area contributed by atoms with Crippen LogP contribution in [0.25, 0.3) is 0 Å². The molecule has 0 aromatic carbocycles. The van der Waals surface area contributed by atoms with Crippen LogP contribution in [0.1, 0.15) is 26.7 Å². The highest BCUT2D eigenvalue weighted by Crippen LogP contribution is 2.10. The molecule has 0 aliphatic carbocycles. The van der Waals surface area contributed by atoms with Crippen LogP contribution in [0.5, 0.6) is 0 Å². The van der Waals surface area contributed by atoms with E-state index in [9.17, 15) is 8.42 Å². The molecule has 0 amide bonds. The molecule has 1 rings (SSSR count).